The van der Waals surface area contributed by atoms with E-state index in [1.807, 2.05) is 10.6 Å². The maximum Gasteiger partial charge on any atom is 0.261 e. The average molecular weight is 276 g/mol. The molecular weight excluding hydrogens is 256 g/mol. The summed E-state index contributed by atoms with van der Waals surface area (Å²) in [5.41, 5.74) is 8.84. The number of aromatic nitrogens is 1. The molecule has 0 saturated heterocycles. The second-order valence-electron chi connectivity index (χ2n) is 5.71. The van der Waals surface area contributed by atoms with Crippen molar-refractivity contribution in [2.75, 3.05) is 0 Å². The molecule has 0 unspecified atom stereocenters. The van der Waals surface area contributed by atoms with E-state index in [0.717, 1.165) is 32.1 Å². The molecule has 3 rings (SSSR count). The molecule has 0 amide bonds. The number of nitrogens with zero attached hydrogens (tertiary/aromatic N) is 1. The summed E-state index contributed by atoms with van der Waals surface area (Å²) in [6, 6.07) is 2.30. The predicted molar refractivity (Wildman–Crippen MR) is 80.7 cm³/mol. The van der Waals surface area contributed by atoms with E-state index in [-0.39, 0.29) is 10.5 Å². The molecule has 1 aromatic heterocycles. The second kappa shape index (κ2) is 5.08. The van der Waals surface area contributed by atoms with Gasteiger partial charge in [0.2, 0.25) is 0 Å². The van der Waals surface area contributed by atoms with Gasteiger partial charge in [-0.05, 0) is 43.7 Å². The highest BCUT2D eigenvalue weighted by atomic mass is 32.1. The Morgan fingerprint density at radius 3 is 2.63 bits per heavy atom. The Hall–Kier alpha value is -1.16. The molecule has 2 aliphatic rings. The molecule has 2 N–H and O–H groups in total. The molecule has 3 nitrogen and oxygen atoms in total. The van der Waals surface area contributed by atoms with Gasteiger partial charge in [0.1, 0.15) is 4.99 Å². The third-order valence-electron chi connectivity index (χ3n) is 4.49. The molecule has 1 aromatic rings. The van der Waals surface area contributed by atoms with Gasteiger partial charge < -0.3 is 10.3 Å². The fourth-order valence-corrected chi connectivity index (χ4v) is 3.72. The highest BCUT2D eigenvalue weighted by molar-refractivity contribution is 7.80. The number of pyridine rings is 1. The van der Waals surface area contributed by atoms with Gasteiger partial charge in [-0.15, -0.1) is 0 Å². The van der Waals surface area contributed by atoms with Crippen molar-refractivity contribution >= 4 is 17.2 Å². The molecule has 19 heavy (non-hydrogen) atoms. The van der Waals surface area contributed by atoms with E-state index in [1.54, 1.807) is 0 Å². The molecular formula is C15H20N2OS. The van der Waals surface area contributed by atoms with Crippen LogP contribution in [0.25, 0.3) is 0 Å². The number of rotatable bonds is 2. The van der Waals surface area contributed by atoms with E-state index < -0.39 is 0 Å². The molecule has 0 aromatic carbocycles. The molecule has 1 heterocycles. The smallest absolute Gasteiger partial charge is 0.261 e. The normalized spacial score (nSPS) is 19.4. The lowest BCUT2D eigenvalue weighted by molar-refractivity contribution is 0.339. The van der Waals surface area contributed by atoms with Crippen molar-refractivity contribution in [3.63, 3.8) is 0 Å². The monoisotopic (exact) mass is 276 g/mol. The van der Waals surface area contributed by atoms with Crippen LogP contribution in [0.5, 0.6) is 0 Å². The summed E-state index contributed by atoms with van der Waals surface area (Å²) in [7, 11) is 0. The first-order valence-corrected chi connectivity index (χ1v) is 7.66. The lowest BCUT2D eigenvalue weighted by atomic mass is 9.94. The number of hydrogen-bond acceptors (Lipinski definition) is 2. The van der Waals surface area contributed by atoms with Crippen molar-refractivity contribution in [2.45, 2.75) is 57.4 Å². The Kier molecular flexibility index (Phi) is 3.44. The minimum Gasteiger partial charge on any atom is -0.389 e. The summed E-state index contributed by atoms with van der Waals surface area (Å²) in [5, 5.41) is 0. The van der Waals surface area contributed by atoms with E-state index in [1.165, 1.54) is 30.5 Å². The standard InChI is InChI=1S/C15H20N2OS/c16-14(19)12-9-10-5-4-8-13(10)17(15(12)18)11-6-2-1-3-7-11/h9,11H,1-8H2,(H2,16,19). The van der Waals surface area contributed by atoms with Crippen LogP contribution in [0.2, 0.25) is 0 Å². The van der Waals surface area contributed by atoms with Crippen LogP contribution in [0, 0.1) is 0 Å². The first-order valence-electron chi connectivity index (χ1n) is 7.25. The van der Waals surface area contributed by atoms with Gasteiger partial charge in [0.15, 0.2) is 0 Å². The van der Waals surface area contributed by atoms with Crippen LogP contribution in [0.4, 0.5) is 0 Å². The molecule has 0 aliphatic heterocycles. The Morgan fingerprint density at radius 2 is 1.95 bits per heavy atom. The minimum atomic E-state index is 0.0417. The number of fused-ring (bicyclic) bond motifs is 1. The van der Waals surface area contributed by atoms with Crippen LogP contribution in [-0.4, -0.2) is 9.56 Å². The van der Waals surface area contributed by atoms with Crippen molar-refractivity contribution < 1.29 is 0 Å². The van der Waals surface area contributed by atoms with Crippen molar-refractivity contribution in [1.82, 2.24) is 4.57 Å². The molecule has 4 heteroatoms. The van der Waals surface area contributed by atoms with Crippen LogP contribution < -0.4 is 11.3 Å². The molecule has 0 spiro atoms. The zero-order valence-corrected chi connectivity index (χ0v) is 12.0. The van der Waals surface area contributed by atoms with Gasteiger partial charge in [-0.25, -0.2) is 0 Å². The van der Waals surface area contributed by atoms with Crippen molar-refractivity contribution in [3.05, 3.63) is 33.2 Å². The summed E-state index contributed by atoms with van der Waals surface area (Å²) in [6.07, 6.45) is 9.20. The Bertz CT molecular complexity index is 570. The fraction of sp³-hybridized carbons (Fsp3) is 0.600. The summed E-state index contributed by atoms with van der Waals surface area (Å²) in [4.78, 5) is 12.9. The van der Waals surface area contributed by atoms with E-state index in [0.29, 0.717) is 11.6 Å². The van der Waals surface area contributed by atoms with Crippen molar-refractivity contribution in [1.29, 1.82) is 0 Å². The SMILES string of the molecule is NC(=S)c1cc2c(n(C3CCCCC3)c1=O)CCC2. The third-order valence-corrected chi connectivity index (χ3v) is 4.71. The Labute approximate surface area is 118 Å². The number of hydrogen-bond donors (Lipinski definition) is 1. The molecule has 0 radical (unpaired) electrons. The summed E-state index contributed by atoms with van der Waals surface area (Å²) in [6.45, 7) is 0. The lowest BCUT2D eigenvalue weighted by Gasteiger charge is -2.27. The Balaban J connectivity index is 2.15. The highest BCUT2D eigenvalue weighted by Crippen LogP contribution is 2.31. The molecule has 2 aliphatic carbocycles. The maximum absolute atomic E-state index is 12.7. The van der Waals surface area contributed by atoms with E-state index in [4.69, 9.17) is 18.0 Å². The molecule has 0 bridgehead atoms. The van der Waals surface area contributed by atoms with Crippen LogP contribution in [-0.2, 0) is 12.8 Å². The first kappa shape index (κ1) is 12.9. The lowest BCUT2D eigenvalue weighted by Crippen LogP contribution is -2.34. The highest BCUT2D eigenvalue weighted by Gasteiger charge is 2.25. The molecule has 0 atom stereocenters. The minimum absolute atomic E-state index is 0.0417. The largest absolute Gasteiger partial charge is 0.389 e. The zero-order valence-electron chi connectivity index (χ0n) is 11.2. The molecule has 1 saturated carbocycles. The fourth-order valence-electron chi connectivity index (χ4n) is 3.57. The van der Waals surface area contributed by atoms with Gasteiger partial charge in [-0.3, -0.25) is 4.79 Å². The number of nitrogens with two attached hydrogens (primary N) is 1. The van der Waals surface area contributed by atoms with Crippen LogP contribution in [0.1, 0.15) is 61.4 Å². The van der Waals surface area contributed by atoms with Gasteiger partial charge in [-0.2, -0.15) is 0 Å². The first-order chi connectivity index (χ1) is 9.18. The molecule has 102 valence electrons. The second-order valence-corrected chi connectivity index (χ2v) is 6.15. The van der Waals surface area contributed by atoms with Gasteiger partial charge in [0.25, 0.3) is 5.56 Å². The zero-order chi connectivity index (χ0) is 13.4. The summed E-state index contributed by atoms with van der Waals surface area (Å²) < 4.78 is 2.04. The predicted octanol–water partition coefficient (Wildman–Crippen LogP) is 2.48. The van der Waals surface area contributed by atoms with Crippen LogP contribution >= 0.6 is 12.2 Å². The van der Waals surface area contributed by atoms with Gasteiger partial charge in [0.05, 0.1) is 5.56 Å². The average Bonchev–Trinajstić information content (AvgIpc) is 2.86. The van der Waals surface area contributed by atoms with E-state index in [2.05, 4.69) is 0 Å². The number of aryl methyl sites for hydroxylation is 1. The topological polar surface area (TPSA) is 48.0 Å². The van der Waals surface area contributed by atoms with Crippen LogP contribution in [0.15, 0.2) is 10.9 Å². The Morgan fingerprint density at radius 1 is 1.21 bits per heavy atom. The van der Waals surface area contributed by atoms with Gasteiger partial charge >= 0.3 is 0 Å². The van der Waals surface area contributed by atoms with Gasteiger partial charge in [0, 0.05) is 11.7 Å². The van der Waals surface area contributed by atoms with E-state index >= 15 is 0 Å². The number of thiocarbonyl (C=S) groups is 1. The summed E-state index contributed by atoms with van der Waals surface area (Å²) in [5.74, 6) is 0. The maximum atomic E-state index is 12.7. The molecule has 1 fully saturated rings. The third kappa shape index (κ3) is 2.22. The van der Waals surface area contributed by atoms with Crippen molar-refractivity contribution in [3.8, 4) is 0 Å². The van der Waals surface area contributed by atoms with Crippen molar-refractivity contribution in [2.24, 2.45) is 5.73 Å². The van der Waals surface area contributed by atoms with Crippen LogP contribution in [0.3, 0.4) is 0 Å². The van der Waals surface area contributed by atoms with Gasteiger partial charge in [-0.1, -0.05) is 31.5 Å². The summed E-state index contributed by atoms with van der Waals surface area (Å²) >= 11 is 5.05. The quantitative estimate of drug-likeness (QED) is 0.844. The van der Waals surface area contributed by atoms with E-state index in [9.17, 15) is 4.79 Å².